The predicted molar refractivity (Wildman–Crippen MR) is 134 cm³/mol. The maximum Gasteiger partial charge on any atom is 0.254 e. The summed E-state index contributed by atoms with van der Waals surface area (Å²) < 4.78 is 5.88. The smallest absolute Gasteiger partial charge is 0.254 e. The van der Waals surface area contributed by atoms with Crippen molar-refractivity contribution in [1.29, 1.82) is 0 Å². The van der Waals surface area contributed by atoms with Crippen LogP contribution >= 0.6 is 0 Å². The Labute approximate surface area is 204 Å². The van der Waals surface area contributed by atoms with Crippen LogP contribution in [0.5, 0.6) is 0 Å². The summed E-state index contributed by atoms with van der Waals surface area (Å²) in [5, 5.41) is 0. The average Bonchev–Trinajstić information content (AvgIpc) is 3.60. The second-order valence-corrected chi connectivity index (χ2v) is 11.3. The van der Waals surface area contributed by atoms with E-state index in [1.165, 1.54) is 11.1 Å². The number of aromatic amines is 2. The van der Waals surface area contributed by atoms with Crippen LogP contribution in [0.1, 0.15) is 73.4 Å². The fourth-order valence-electron chi connectivity index (χ4n) is 6.86. The standard InChI is InChI=1S/C28H31N5O2/c1-27(2)24-13-17-12-21-22(32-25(31-21)23-5-4-10-35-23)14-18(17)28(27,3)8-9-33(24)26(34)16-6-7-19-20(11-16)30-15-29-19/h6-7,11-12,14-15,23-24H,4-5,8-10,13H2,1-3H3,(H,29,30)(H,31,32)/t23-,24+,28-/m0/s1. The summed E-state index contributed by atoms with van der Waals surface area (Å²) in [6.07, 6.45) is 5.63. The van der Waals surface area contributed by atoms with Crippen molar-refractivity contribution in [2.24, 2.45) is 5.41 Å². The van der Waals surface area contributed by atoms with Gasteiger partial charge in [0.25, 0.3) is 5.91 Å². The number of carbonyl (C=O) groups excluding carboxylic acids is 1. The fraction of sp³-hybridized carbons (Fsp3) is 0.464. The quantitative estimate of drug-likeness (QED) is 0.430. The Morgan fingerprint density at radius 1 is 1.14 bits per heavy atom. The largest absolute Gasteiger partial charge is 0.370 e. The zero-order valence-corrected chi connectivity index (χ0v) is 20.5. The van der Waals surface area contributed by atoms with Crippen LogP contribution in [-0.2, 0) is 16.6 Å². The molecule has 35 heavy (non-hydrogen) atoms. The number of rotatable bonds is 2. The molecule has 0 unspecified atom stereocenters. The van der Waals surface area contributed by atoms with Gasteiger partial charge in [0.1, 0.15) is 11.9 Å². The van der Waals surface area contributed by atoms with Gasteiger partial charge in [-0.15, -0.1) is 0 Å². The maximum absolute atomic E-state index is 13.8. The third kappa shape index (κ3) is 2.91. The number of benzene rings is 2. The number of hydrogen-bond donors (Lipinski definition) is 2. The van der Waals surface area contributed by atoms with E-state index in [-0.39, 0.29) is 28.9 Å². The van der Waals surface area contributed by atoms with Gasteiger partial charge in [-0.05, 0) is 72.6 Å². The molecule has 1 aliphatic carbocycles. The first-order valence-electron chi connectivity index (χ1n) is 12.7. The second kappa shape index (κ2) is 7.17. The van der Waals surface area contributed by atoms with Crippen LogP contribution < -0.4 is 0 Å². The van der Waals surface area contributed by atoms with Crippen molar-refractivity contribution in [1.82, 2.24) is 24.8 Å². The van der Waals surface area contributed by atoms with Gasteiger partial charge in [-0.3, -0.25) is 4.79 Å². The van der Waals surface area contributed by atoms with E-state index in [1.54, 1.807) is 6.33 Å². The van der Waals surface area contributed by atoms with Crippen molar-refractivity contribution in [3.63, 3.8) is 0 Å². The molecule has 2 bridgehead atoms. The number of amides is 1. The highest BCUT2D eigenvalue weighted by atomic mass is 16.5. The number of piperidine rings is 1. The molecule has 3 atom stereocenters. The van der Waals surface area contributed by atoms with Gasteiger partial charge < -0.3 is 19.6 Å². The number of aromatic nitrogens is 4. The summed E-state index contributed by atoms with van der Waals surface area (Å²) >= 11 is 0. The van der Waals surface area contributed by atoms with Gasteiger partial charge in [0.05, 0.1) is 28.4 Å². The van der Waals surface area contributed by atoms with Gasteiger partial charge in [0.15, 0.2) is 0 Å². The Hall–Kier alpha value is -3.19. The number of nitrogens with zero attached hydrogens (tertiary/aromatic N) is 3. The van der Waals surface area contributed by atoms with E-state index in [4.69, 9.17) is 9.72 Å². The molecule has 1 amide bonds. The molecule has 2 aromatic heterocycles. The summed E-state index contributed by atoms with van der Waals surface area (Å²) in [5.74, 6) is 1.05. The number of nitrogens with one attached hydrogen (secondary N) is 2. The van der Waals surface area contributed by atoms with Crippen molar-refractivity contribution in [2.45, 2.75) is 64.0 Å². The van der Waals surface area contributed by atoms with Crippen molar-refractivity contribution >= 4 is 28.0 Å². The van der Waals surface area contributed by atoms with Crippen LogP contribution in [0, 0.1) is 5.41 Å². The molecule has 0 saturated carbocycles. The molecule has 0 spiro atoms. The number of H-pyrrole nitrogens is 2. The molecule has 4 heterocycles. The Bertz CT molecular complexity index is 1480. The lowest BCUT2D eigenvalue weighted by Crippen LogP contribution is -2.64. The minimum absolute atomic E-state index is 0.0291. The highest BCUT2D eigenvalue weighted by molar-refractivity contribution is 5.97. The molecule has 180 valence electrons. The van der Waals surface area contributed by atoms with Crippen LogP contribution in [0.25, 0.3) is 22.1 Å². The van der Waals surface area contributed by atoms with Gasteiger partial charge >= 0.3 is 0 Å². The number of fused-ring (bicyclic) bond motifs is 6. The normalized spacial score (nSPS) is 27.5. The predicted octanol–water partition coefficient (Wildman–Crippen LogP) is 5.05. The number of ether oxygens (including phenoxy) is 1. The van der Waals surface area contributed by atoms with Crippen LogP contribution in [0.15, 0.2) is 36.7 Å². The first-order chi connectivity index (χ1) is 16.8. The molecule has 0 radical (unpaired) electrons. The highest BCUT2D eigenvalue weighted by Crippen LogP contribution is 2.56. The van der Waals surface area contributed by atoms with Crippen LogP contribution in [-0.4, -0.2) is 49.9 Å². The van der Waals surface area contributed by atoms with Crippen LogP contribution in [0.2, 0.25) is 0 Å². The van der Waals surface area contributed by atoms with Crippen molar-refractivity contribution in [3.8, 4) is 0 Å². The maximum atomic E-state index is 13.8. The van der Waals surface area contributed by atoms with Crippen molar-refractivity contribution < 1.29 is 9.53 Å². The summed E-state index contributed by atoms with van der Waals surface area (Å²) in [7, 11) is 0. The Morgan fingerprint density at radius 3 is 2.86 bits per heavy atom. The van der Waals surface area contributed by atoms with E-state index >= 15 is 0 Å². The van der Waals surface area contributed by atoms with Crippen LogP contribution in [0.3, 0.4) is 0 Å². The van der Waals surface area contributed by atoms with Gasteiger partial charge in [-0.1, -0.05) is 20.8 Å². The summed E-state index contributed by atoms with van der Waals surface area (Å²) in [6, 6.07) is 10.5. The molecule has 2 saturated heterocycles. The molecule has 3 aliphatic rings. The van der Waals surface area contributed by atoms with Gasteiger partial charge in [-0.25, -0.2) is 9.97 Å². The SMILES string of the molecule is CC1(C)[C@H]2Cc3cc4nc([C@@H]5CCCO5)[nH]c4cc3[C@]1(C)CCN2C(=O)c1ccc2nc[nH]c2c1. The lowest BCUT2D eigenvalue weighted by molar-refractivity contribution is -0.0261. The Balaban J connectivity index is 1.29. The lowest BCUT2D eigenvalue weighted by Gasteiger charge is -2.60. The molecular weight excluding hydrogens is 438 g/mol. The molecule has 2 aromatic carbocycles. The highest BCUT2D eigenvalue weighted by Gasteiger charge is 2.57. The van der Waals surface area contributed by atoms with E-state index < -0.39 is 0 Å². The van der Waals surface area contributed by atoms with Crippen molar-refractivity contribution in [2.75, 3.05) is 13.2 Å². The Morgan fingerprint density at radius 2 is 2.03 bits per heavy atom. The molecule has 7 heteroatoms. The molecule has 2 fully saturated rings. The molecule has 4 aromatic rings. The van der Waals surface area contributed by atoms with E-state index in [0.717, 1.165) is 72.3 Å². The average molecular weight is 470 g/mol. The minimum atomic E-state index is -0.0723. The third-order valence-electron chi connectivity index (χ3n) is 9.38. The van der Waals surface area contributed by atoms with Crippen molar-refractivity contribution in [3.05, 3.63) is 59.2 Å². The number of hydrogen-bond acceptors (Lipinski definition) is 4. The zero-order valence-electron chi connectivity index (χ0n) is 20.5. The van der Waals surface area contributed by atoms with Gasteiger partial charge in [-0.2, -0.15) is 0 Å². The molecule has 7 rings (SSSR count). The lowest BCUT2D eigenvalue weighted by atomic mass is 9.51. The van der Waals surface area contributed by atoms with E-state index in [0.29, 0.717) is 0 Å². The minimum Gasteiger partial charge on any atom is -0.370 e. The number of likely N-dealkylation sites (tertiary alicyclic amines) is 1. The zero-order chi connectivity index (χ0) is 23.9. The first kappa shape index (κ1) is 21.1. The first-order valence-corrected chi connectivity index (χ1v) is 12.7. The topological polar surface area (TPSA) is 86.9 Å². The summed E-state index contributed by atoms with van der Waals surface area (Å²) in [6.45, 7) is 8.63. The Kier molecular flexibility index (Phi) is 4.32. The van der Waals surface area contributed by atoms with E-state index in [9.17, 15) is 4.79 Å². The molecule has 2 N–H and O–H groups in total. The fourth-order valence-corrected chi connectivity index (χ4v) is 6.86. The monoisotopic (exact) mass is 469 g/mol. The summed E-state index contributed by atoms with van der Waals surface area (Å²) in [5.41, 5.74) is 7.20. The number of carbonyl (C=O) groups is 1. The molecular formula is C28H31N5O2. The second-order valence-electron chi connectivity index (χ2n) is 11.3. The summed E-state index contributed by atoms with van der Waals surface area (Å²) in [4.78, 5) is 31.8. The molecule has 7 nitrogen and oxygen atoms in total. The molecule has 2 aliphatic heterocycles. The third-order valence-corrected chi connectivity index (χ3v) is 9.38. The number of imidazole rings is 2. The van der Waals surface area contributed by atoms with E-state index in [1.807, 2.05) is 18.2 Å². The van der Waals surface area contributed by atoms with Crippen LogP contribution in [0.4, 0.5) is 0 Å². The van der Waals surface area contributed by atoms with E-state index in [2.05, 4.69) is 52.8 Å². The van der Waals surface area contributed by atoms with Gasteiger partial charge in [0.2, 0.25) is 0 Å². The van der Waals surface area contributed by atoms with Gasteiger partial charge in [0, 0.05) is 30.2 Å².